The molecule has 0 spiro atoms. The summed E-state index contributed by atoms with van der Waals surface area (Å²) in [5.41, 5.74) is 2.33. The third-order valence-corrected chi connectivity index (χ3v) is 2.77. The number of rotatable bonds is 3. The van der Waals surface area contributed by atoms with E-state index in [1.165, 1.54) is 0 Å². The molecule has 17 heavy (non-hydrogen) atoms. The van der Waals surface area contributed by atoms with Crippen LogP contribution in [0.4, 0.5) is 5.69 Å². The number of benzene rings is 1. The van der Waals surface area contributed by atoms with Crippen LogP contribution in [0.1, 0.15) is 24.2 Å². The first-order valence-electron chi connectivity index (χ1n) is 5.16. The first kappa shape index (κ1) is 11.5. The number of aromatic nitrogens is 2. The molecule has 0 aliphatic heterocycles. The molecular formula is C12H11ClN4. The van der Waals surface area contributed by atoms with E-state index in [0.29, 0.717) is 10.6 Å². The first-order chi connectivity index (χ1) is 8.20. The van der Waals surface area contributed by atoms with Crippen molar-refractivity contribution in [2.45, 2.75) is 13.0 Å². The summed E-state index contributed by atoms with van der Waals surface area (Å²) in [5, 5.41) is 19.3. The molecule has 1 aromatic carbocycles. The molecule has 4 nitrogen and oxygen atoms in total. The zero-order valence-electron chi connectivity index (χ0n) is 9.24. The highest BCUT2D eigenvalue weighted by Crippen LogP contribution is 2.26. The predicted molar refractivity (Wildman–Crippen MR) is 66.8 cm³/mol. The highest BCUT2D eigenvalue weighted by molar-refractivity contribution is 6.33. The molecule has 1 atom stereocenters. The Morgan fingerprint density at radius 3 is 2.88 bits per heavy atom. The molecule has 5 heteroatoms. The van der Waals surface area contributed by atoms with E-state index >= 15 is 0 Å². The van der Waals surface area contributed by atoms with Crippen molar-refractivity contribution in [2.24, 2.45) is 0 Å². The zero-order chi connectivity index (χ0) is 12.3. The van der Waals surface area contributed by atoms with E-state index in [1.54, 1.807) is 24.4 Å². The Kier molecular flexibility index (Phi) is 3.31. The molecule has 86 valence electrons. The van der Waals surface area contributed by atoms with E-state index < -0.39 is 0 Å². The predicted octanol–water partition coefficient (Wildman–Crippen LogP) is 3.11. The second-order valence-corrected chi connectivity index (χ2v) is 4.09. The molecule has 0 amide bonds. The van der Waals surface area contributed by atoms with Crippen LogP contribution >= 0.6 is 11.6 Å². The van der Waals surface area contributed by atoms with Crippen LogP contribution in [0.5, 0.6) is 0 Å². The van der Waals surface area contributed by atoms with E-state index in [2.05, 4.69) is 15.5 Å². The third-order valence-electron chi connectivity index (χ3n) is 2.46. The Bertz CT molecular complexity index is 542. The highest BCUT2D eigenvalue weighted by atomic mass is 35.5. The standard InChI is InChI=1S/C12H11ClN4/c1-8(11-4-5-15-17-11)16-12-3-2-9(7-14)6-10(12)13/h2-6,8,16H,1H3,(H,15,17). The van der Waals surface area contributed by atoms with Crippen LogP contribution in [-0.4, -0.2) is 10.2 Å². The molecule has 0 radical (unpaired) electrons. The van der Waals surface area contributed by atoms with Crippen LogP contribution in [0.2, 0.25) is 5.02 Å². The zero-order valence-corrected chi connectivity index (χ0v) is 9.99. The van der Waals surface area contributed by atoms with Gasteiger partial charge in [-0.3, -0.25) is 5.10 Å². The van der Waals surface area contributed by atoms with Crippen molar-refractivity contribution in [2.75, 3.05) is 5.32 Å². The SMILES string of the molecule is CC(Nc1ccc(C#N)cc1Cl)c1ccn[nH]1. The minimum atomic E-state index is 0.0722. The van der Waals surface area contributed by atoms with Crippen LogP contribution in [0.15, 0.2) is 30.5 Å². The quantitative estimate of drug-likeness (QED) is 0.875. The van der Waals surface area contributed by atoms with Crippen LogP contribution in [0.25, 0.3) is 0 Å². The Morgan fingerprint density at radius 1 is 1.47 bits per heavy atom. The maximum absolute atomic E-state index is 8.74. The average Bonchev–Trinajstić information content (AvgIpc) is 2.85. The fourth-order valence-corrected chi connectivity index (χ4v) is 1.76. The number of halogens is 1. The maximum atomic E-state index is 8.74. The van der Waals surface area contributed by atoms with Crippen LogP contribution in [-0.2, 0) is 0 Å². The van der Waals surface area contributed by atoms with Crippen LogP contribution in [0.3, 0.4) is 0 Å². The second-order valence-electron chi connectivity index (χ2n) is 3.68. The van der Waals surface area contributed by atoms with Gasteiger partial charge in [0.2, 0.25) is 0 Å². The molecular weight excluding hydrogens is 236 g/mol. The lowest BCUT2D eigenvalue weighted by atomic mass is 10.2. The fourth-order valence-electron chi connectivity index (χ4n) is 1.52. The number of nitriles is 1. The molecule has 1 aromatic heterocycles. The van der Waals surface area contributed by atoms with E-state index in [1.807, 2.05) is 19.1 Å². The molecule has 0 saturated heterocycles. The molecule has 1 heterocycles. The van der Waals surface area contributed by atoms with Crippen LogP contribution in [0, 0.1) is 11.3 Å². The summed E-state index contributed by atoms with van der Waals surface area (Å²) in [4.78, 5) is 0. The van der Waals surface area contributed by atoms with Gasteiger partial charge >= 0.3 is 0 Å². The summed E-state index contributed by atoms with van der Waals surface area (Å²) in [5.74, 6) is 0. The summed E-state index contributed by atoms with van der Waals surface area (Å²) in [6.07, 6.45) is 1.70. The molecule has 0 aliphatic rings. The van der Waals surface area contributed by atoms with Gasteiger partial charge in [-0.05, 0) is 31.2 Å². The number of aromatic amines is 1. The van der Waals surface area contributed by atoms with E-state index in [0.717, 1.165) is 11.4 Å². The van der Waals surface area contributed by atoms with Crippen molar-refractivity contribution in [3.8, 4) is 6.07 Å². The van der Waals surface area contributed by atoms with Gasteiger partial charge in [0.1, 0.15) is 0 Å². The molecule has 0 aliphatic carbocycles. The van der Waals surface area contributed by atoms with E-state index in [4.69, 9.17) is 16.9 Å². The molecule has 0 bridgehead atoms. The number of hydrogen-bond acceptors (Lipinski definition) is 3. The van der Waals surface area contributed by atoms with Crippen molar-refractivity contribution in [1.29, 1.82) is 5.26 Å². The van der Waals surface area contributed by atoms with E-state index in [9.17, 15) is 0 Å². The van der Waals surface area contributed by atoms with Crippen molar-refractivity contribution in [3.63, 3.8) is 0 Å². The minimum Gasteiger partial charge on any atom is -0.376 e. The summed E-state index contributed by atoms with van der Waals surface area (Å²) >= 11 is 6.07. The van der Waals surface area contributed by atoms with Crippen LogP contribution < -0.4 is 5.32 Å². The van der Waals surface area contributed by atoms with Gasteiger partial charge in [0.15, 0.2) is 0 Å². The summed E-state index contributed by atoms with van der Waals surface area (Å²) in [7, 11) is 0. The average molecular weight is 247 g/mol. The lowest BCUT2D eigenvalue weighted by molar-refractivity contribution is 0.826. The van der Waals surface area contributed by atoms with Gasteiger partial charge in [-0.15, -0.1) is 0 Å². The Morgan fingerprint density at radius 2 is 2.29 bits per heavy atom. The van der Waals surface area contributed by atoms with Gasteiger partial charge in [0.25, 0.3) is 0 Å². The van der Waals surface area contributed by atoms with Gasteiger partial charge in [-0.25, -0.2) is 0 Å². The number of hydrogen-bond donors (Lipinski definition) is 2. The topological polar surface area (TPSA) is 64.5 Å². The normalized spacial score (nSPS) is 11.8. The van der Waals surface area contributed by atoms with Crippen molar-refractivity contribution in [1.82, 2.24) is 10.2 Å². The summed E-state index contributed by atoms with van der Waals surface area (Å²) in [6, 6.07) is 9.19. The highest BCUT2D eigenvalue weighted by Gasteiger charge is 2.08. The lowest BCUT2D eigenvalue weighted by Gasteiger charge is -2.14. The Hall–Kier alpha value is -1.99. The van der Waals surface area contributed by atoms with Crippen molar-refractivity contribution >= 4 is 17.3 Å². The Labute approximate surface area is 104 Å². The smallest absolute Gasteiger partial charge is 0.0992 e. The van der Waals surface area contributed by atoms with Gasteiger partial charge in [-0.2, -0.15) is 10.4 Å². The molecule has 0 saturated carbocycles. The molecule has 0 fully saturated rings. The largest absolute Gasteiger partial charge is 0.376 e. The number of nitrogens with one attached hydrogen (secondary N) is 2. The third kappa shape index (κ3) is 2.58. The number of H-pyrrole nitrogens is 1. The van der Waals surface area contributed by atoms with Gasteiger partial charge < -0.3 is 5.32 Å². The first-order valence-corrected chi connectivity index (χ1v) is 5.54. The van der Waals surface area contributed by atoms with Gasteiger partial charge in [0, 0.05) is 6.20 Å². The van der Waals surface area contributed by atoms with Gasteiger partial charge in [-0.1, -0.05) is 11.6 Å². The van der Waals surface area contributed by atoms with E-state index in [-0.39, 0.29) is 6.04 Å². The summed E-state index contributed by atoms with van der Waals surface area (Å²) < 4.78 is 0. The summed E-state index contributed by atoms with van der Waals surface area (Å²) in [6.45, 7) is 2.00. The van der Waals surface area contributed by atoms with Crippen molar-refractivity contribution in [3.05, 3.63) is 46.7 Å². The Balaban J connectivity index is 2.17. The fraction of sp³-hybridized carbons (Fsp3) is 0.167. The maximum Gasteiger partial charge on any atom is 0.0992 e. The number of anilines is 1. The number of nitrogens with zero attached hydrogens (tertiary/aromatic N) is 2. The minimum absolute atomic E-state index is 0.0722. The van der Waals surface area contributed by atoms with Gasteiger partial charge in [0.05, 0.1) is 34.1 Å². The molecule has 2 aromatic rings. The second kappa shape index (κ2) is 4.89. The molecule has 1 unspecified atom stereocenters. The molecule has 2 N–H and O–H groups in total. The monoisotopic (exact) mass is 246 g/mol. The van der Waals surface area contributed by atoms with Crippen molar-refractivity contribution < 1.29 is 0 Å². The molecule has 2 rings (SSSR count). The lowest BCUT2D eigenvalue weighted by Crippen LogP contribution is -2.07.